The van der Waals surface area contributed by atoms with Crippen molar-refractivity contribution in [3.8, 4) is 17.5 Å². The lowest BCUT2D eigenvalue weighted by molar-refractivity contribution is 0.154. The highest BCUT2D eigenvalue weighted by molar-refractivity contribution is 6.74. The Balaban J connectivity index is 1.96. The molecule has 0 fully saturated rings. The van der Waals surface area contributed by atoms with Crippen LogP contribution in [-0.2, 0) is 10.8 Å². The van der Waals surface area contributed by atoms with Crippen molar-refractivity contribution in [2.24, 2.45) is 0 Å². The van der Waals surface area contributed by atoms with E-state index in [1.54, 1.807) is 12.1 Å². The van der Waals surface area contributed by atoms with E-state index >= 15 is 0 Å². The third-order valence-electron chi connectivity index (χ3n) is 6.71. The number of nitrogens with zero attached hydrogens (tertiary/aromatic N) is 4. The van der Waals surface area contributed by atoms with Crippen molar-refractivity contribution in [3.05, 3.63) is 76.5 Å². The maximum atomic E-state index is 9.05. The molecule has 1 aromatic heterocycles. The average molecular weight is 473 g/mol. The molecule has 0 unspecified atom stereocenters. The van der Waals surface area contributed by atoms with Gasteiger partial charge < -0.3 is 8.84 Å². The van der Waals surface area contributed by atoms with E-state index in [-0.39, 0.29) is 17.1 Å². The average Bonchev–Trinajstić information content (AvgIpc) is 3.26. The Kier molecular flexibility index (Phi) is 7.40. The maximum Gasteiger partial charge on any atom is 0.247 e. The first kappa shape index (κ1) is 25.4. The Morgan fingerprint density at radius 2 is 1.82 bits per heavy atom. The molecule has 6 nitrogen and oxygen atoms in total. The van der Waals surface area contributed by atoms with Gasteiger partial charge in [0.15, 0.2) is 14.0 Å². The molecule has 3 rings (SSSR count). The van der Waals surface area contributed by atoms with E-state index in [1.807, 2.05) is 31.2 Å². The highest BCUT2D eigenvalue weighted by Crippen LogP contribution is 2.40. The molecule has 0 saturated carbocycles. The number of aromatic nitrogens is 2. The summed E-state index contributed by atoms with van der Waals surface area (Å²) in [5, 5.41) is 17.8. The molecule has 34 heavy (non-hydrogen) atoms. The molecule has 0 saturated heterocycles. The van der Waals surface area contributed by atoms with Crippen LogP contribution in [0.15, 0.2) is 46.9 Å². The first-order valence-electron chi connectivity index (χ1n) is 11.4. The number of hydrogen-bond acceptors (Lipinski definition) is 5. The van der Waals surface area contributed by atoms with Crippen LogP contribution in [0.1, 0.15) is 56.2 Å². The van der Waals surface area contributed by atoms with Crippen molar-refractivity contribution < 1.29 is 8.84 Å². The summed E-state index contributed by atoms with van der Waals surface area (Å²) in [5.41, 5.74) is 4.06. The second-order valence-corrected chi connectivity index (χ2v) is 15.0. The van der Waals surface area contributed by atoms with Gasteiger partial charge in [-0.25, -0.2) is 4.85 Å². The number of aryl methyl sites for hydroxylation is 1. The molecule has 0 amide bonds. The molecule has 3 aromatic rings. The van der Waals surface area contributed by atoms with Gasteiger partial charge in [-0.15, -0.1) is 10.2 Å². The van der Waals surface area contributed by atoms with Crippen molar-refractivity contribution in [2.75, 3.05) is 0 Å². The van der Waals surface area contributed by atoms with Gasteiger partial charge in [-0.1, -0.05) is 39.0 Å². The number of hydrogen-bond donors (Lipinski definition) is 0. The zero-order valence-corrected chi connectivity index (χ0v) is 22.0. The summed E-state index contributed by atoms with van der Waals surface area (Å²) < 4.78 is 12.9. The Labute approximate surface area is 203 Å². The molecule has 1 heterocycles. The van der Waals surface area contributed by atoms with Crippen LogP contribution in [-0.4, -0.2) is 24.6 Å². The van der Waals surface area contributed by atoms with E-state index in [4.69, 9.17) is 20.7 Å². The molecule has 2 aromatic carbocycles. The molecule has 0 aliphatic rings. The second-order valence-electron chi connectivity index (χ2n) is 10.3. The van der Waals surface area contributed by atoms with E-state index in [2.05, 4.69) is 68.0 Å². The molecule has 7 heteroatoms. The molecular weight excluding hydrogens is 440 g/mol. The van der Waals surface area contributed by atoms with Gasteiger partial charge in [-0.3, -0.25) is 0 Å². The standard InChI is InChI=1S/C27H32N4O2Si/c1-18-15-21(11-14-24(18)29-6)16-23(19(2)33-34(7,8)27(3,4)5)26-31-30-25(32-26)22-12-9-20(17-28)10-13-22/h9-15,19,23H,16H2,1-5,7-8H3/t19-,23+/m0/s1. The lowest BCUT2D eigenvalue weighted by Gasteiger charge is -2.40. The Morgan fingerprint density at radius 1 is 1.15 bits per heavy atom. The van der Waals surface area contributed by atoms with Gasteiger partial charge in [0, 0.05) is 5.56 Å². The Hall–Kier alpha value is -3.26. The quantitative estimate of drug-likeness (QED) is 0.268. The molecule has 2 atom stereocenters. The summed E-state index contributed by atoms with van der Waals surface area (Å²) >= 11 is 0. The predicted molar refractivity (Wildman–Crippen MR) is 136 cm³/mol. The van der Waals surface area contributed by atoms with Gasteiger partial charge >= 0.3 is 0 Å². The largest absolute Gasteiger partial charge is 0.420 e. The van der Waals surface area contributed by atoms with Gasteiger partial charge in [0.2, 0.25) is 11.8 Å². The number of rotatable bonds is 7. The molecule has 0 aliphatic carbocycles. The van der Waals surface area contributed by atoms with Crippen LogP contribution in [0.5, 0.6) is 0 Å². The van der Waals surface area contributed by atoms with E-state index in [9.17, 15) is 0 Å². The highest BCUT2D eigenvalue weighted by Gasteiger charge is 2.40. The van der Waals surface area contributed by atoms with Gasteiger partial charge in [0.1, 0.15) is 0 Å². The first-order valence-corrected chi connectivity index (χ1v) is 14.3. The Bertz CT molecular complexity index is 1230. The van der Waals surface area contributed by atoms with Crippen molar-refractivity contribution in [1.29, 1.82) is 5.26 Å². The lowest BCUT2D eigenvalue weighted by atomic mass is 9.93. The lowest BCUT2D eigenvalue weighted by Crippen LogP contribution is -2.44. The summed E-state index contributed by atoms with van der Waals surface area (Å²) in [4.78, 5) is 3.58. The molecule has 0 aliphatic heterocycles. The van der Waals surface area contributed by atoms with Gasteiger partial charge in [0.25, 0.3) is 0 Å². The minimum atomic E-state index is -2.03. The molecular formula is C27H32N4O2Si. The summed E-state index contributed by atoms with van der Waals surface area (Å²) in [6.07, 6.45) is 0.514. The summed E-state index contributed by atoms with van der Waals surface area (Å²) in [6.45, 7) is 22.5. The fraction of sp³-hybridized carbons (Fsp3) is 0.407. The van der Waals surface area contributed by atoms with Gasteiger partial charge in [0.05, 0.1) is 30.2 Å². The van der Waals surface area contributed by atoms with Crippen LogP contribution in [0.4, 0.5) is 5.69 Å². The monoisotopic (exact) mass is 472 g/mol. The highest BCUT2D eigenvalue weighted by atomic mass is 28.4. The molecule has 0 spiro atoms. The topological polar surface area (TPSA) is 76.3 Å². The second kappa shape index (κ2) is 9.93. The summed E-state index contributed by atoms with van der Waals surface area (Å²) in [7, 11) is -2.03. The maximum absolute atomic E-state index is 9.05. The van der Waals surface area contributed by atoms with Crippen molar-refractivity contribution in [3.63, 3.8) is 0 Å². The van der Waals surface area contributed by atoms with E-state index in [0.29, 0.717) is 29.5 Å². The third-order valence-corrected chi connectivity index (χ3v) is 11.3. The predicted octanol–water partition coefficient (Wildman–Crippen LogP) is 7.20. The number of nitriles is 1. The SMILES string of the molecule is [C-]#[N+]c1ccc(C[C@@H](c2nnc(-c3ccc(C#N)cc3)o2)[C@H](C)O[Si](C)(C)C(C)(C)C)cc1C. The number of benzene rings is 2. The normalized spacial score (nSPS) is 13.7. The van der Waals surface area contributed by atoms with Gasteiger partial charge in [-0.05, 0) is 73.8 Å². The van der Waals surface area contributed by atoms with Crippen LogP contribution >= 0.6 is 0 Å². The smallest absolute Gasteiger partial charge is 0.247 e. The molecule has 176 valence electrons. The molecule has 0 N–H and O–H groups in total. The van der Waals surface area contributed by atoms with Crippen LogP contribution in [0.3, 0.4) is 0 Å². The van der Waals surface area contributed by atoms with Crippen LogP contribution in [0, 0.1) is 24.8 Å². The summed E-state index contributed by atoms with van der Waals surface area (Å²) in [5.74, 6) is 0.799. The van der Waals surface area contributed by atoms with Crippen LogP contribution < -0.4 is 0 Å². The van der Waals surface area contributed by atoms with Gasteiger partial charge in [-0.2, -0.15) is 5.26 Å². The zero-order valence-electron chi connectivity index (χ0n) is 21.0. The fourth-order valence-corrected chi connectivity index (χ4v) is 5.04. The van der Waals surface area contributed by atoms with Crippen LogP contribution in [0.25, 0.3) is 16.3 Å². The van der Waals surface area contributed by atoms with E-state index in [0.717, 1.165) is 16.7 Å². The van der Waals surface area contributed by atoms with Crippen molar-refractivity contribution in [1.82, 2.24) is 10.2 Å². The summed E-state index contributed by atoms with van der Waals surface area (Å²) in [6, 6.07) is 15.1. The van der Waals surface area contributed by atoms with Crippen molar-refractivity contribution >= 4 is 14.0 Å². The van der Waals surface area contributed by atoms with E-state index < -0.39 is 8.32 Å². The minimum absolute atomic E-state index is 0.0716. The minimum Gasteiger partial charge on any atom is -0.420 e. The van der Waals surface area contributed by atoms with Crippen molar-refractivity contribution in [2.45, 2.75) is 71.2 Å². The fourth-order valence-electron chi connectivity index (χ4n) is 3.59. The van der Waals surface area contributed by atoms with Crippen LogP contribution in [0.2, 0.25) is 18.1 Å². The van der Waals surface area contributed by atoms with E-state index in [1.165, 1.54) is 0 Å². The first-order chi connectivity index (χ1) is 15.9. The Morgan fingerprint density at radius 3 is 2.38 bits per heavy atom. The zero-order chi connectivity index (χ0) is 25.1. The third kappa shape index (κ3) is 5.62. The molecule has 0 bridgehead atoms. The molecule has 0 radical (unpaired) electrons.